The van der Waals surface area contributed by atoms with Gasteiger partial charge in [0, 0.05) is 12.7 Å². The zero-order valence-electron chi connectivity index (χ0n) is 17.8. The highest BCUT2D eigenvalue weighted by atomic mass is 35.5. The number of methoxy groups -OCH3 is 1. The number of hydrogen-bond donors (Lipinski definition) is 1. The summed E-state index contributed by atoms with van der Waals surface area (Å²) in [7, 11) is -1.02. The van der Waals surface area contributed by atoms with E-state index in [1.165, 1.54) is 32.4 Å². The average molecular weight is 486 g/mol. The summed E-state index contributed by atoms with van der Waals surface area (Å²) in [5.41, 5.74) is 0.880. The molecule has 0 aliphatic heterocycles. The van der Waals surface area contributed by atoms with Crippen LogP contribution in [0.25, 0.3) is 0 Å². The van der Waals surface area contributed by atoms with Crippen molar-refractivity contribution in [2.45, 2.75) is 4.90 Å². The summed E-state index contributed by atoms with van der Waals surface area (Å²) in [6, 6.07) is 18.7. The quantitative estimate of drug-likeness (QED) is 0.508. The van der Waals surface area contributed by atoms with Crippen LogP contribution in [-0.2, 0) is 10.0 Å². The van der Waals surface area contributed by atoms with Gasteiger partial charge in [-0.15, -0.1) is 0 Å². The fourth-order valence-corrected chi connectivity index (χ4v) is 4.30. The molecule has 0 atom stereocenters. The fraction of sp³-hybridized carbons (Fsp3) is 0.130. The normalized spacial score (nSPS) is 10.7. The number of nitriles is 1. The number of benzene rings is 3. The van der Waals surface area contributed by atoms with Crippen molar-refractivity contribution < 1.29 is 22.7 Å². The second kappa shape index (κ2) is 10.3. The molecular weight excluding hydrogens is 466 g/mol. The number of halogens is 1. The third-order valence-corrected chi connectivity index (χ3v) is 6.80. The van der Waals surface area contributed by atoms with E-state index in [4.69, 9.17) is 26.3 Å². The van der Waals surface area contributed by atoms with Crippen molar-refractivity contribution in [2.24, 2.45) is 0 Å². The molecule has 0 aliphatic rings. The topological polar surface area (TPSA) is 109 Å². The number of anilines is 2. The molecule has 0 fully saturated rings. The predicted octanol–water partition coefficient (Wildman–Crippen LogP) is 4.33. The number of ether oxygens (including phenoxy) is 2. The van der Waals surface area contributed by atoms with Gasteiger partial charge in [0.1, 0.15) is 17.6 Å². The summed E-state index contributed by atoms with van der Waals surface area (Å²) < 4.78 is 37.7. The van der Waals surface area contributed by atoms with Crippen molar-refractivity contribution in [3.05, 3.63) is 77.3 Å². The Morgan fingerprint density at radius 1 is 1.06 bits per heavy atom. The smallest absolute Gasteiger partial charge is 0.264 e. The van der Waals surface area contributed by atoms with Gasteiger partial charge >= 0.3 is 0 Å². The molecule has 1 amide bonds. The predicted molar refractivity (Wildman–Crippen MR) is 126 cm³/mol. The van der Waals surface area contributed by atoms with Crippen molar-refractivity contribution >= 4 is 38.9 Å². The van der Waals surface area contributed by atoms with E-state index < -0.39 is 15.9 Å². The first-order valence-corrected chi connectivity index (χ1v) is 11.4. The average Bonchev–Trinajstić information content (AvgIpc) is 2.83. The van der Waals surface area contributed by atoms with Crippen LogP contribution in [0.15, 0.2) is 71.6 Å². The molecule has 0 saturated heterocycles. The Bertz CT molecular complexity index is 1290. The molecule has 8 nitrogen and oxygen atoms in total. The van der Waals surface area contributed by atoms with Gasteiger partial charge in [-0.2, -0.15) is 5.26 Å². The van der Waals surface area contributed by atoms with Crippen molar-refractivity contribution in [3.8, 4) is 17.6 Å². The van der Waals surface area contributed by atoms with Gasteiger partial charge in [-0.05, 0) is 66.7 Å². The molecule has 1 N–H and O–H groups in total. The third-order valence-electron chi connectivity index (χ3n) is 4.69. The second-order valence-corrected chi connectivity index (χ2v) is 9.11. The Hall–Kier alpha value is -3.74. The number of sulfonamides is 1. The summed E-state index contributed by atoms with van der Waals surface area (Å²) in [5, 5.41) is 11.3. The van der Waals surface area contributed by atoms with Crippen LogP contribution in [0.1, 0.15) is 10.4 Å². The first kappa shape index (κ1) is 23.9. The standard InChI is InChI=1S/C23H20ClN3O5S/c1-27(17-5-9-18(31-2)10-6-17)33(29,30)20-11-12-22(24)21(15-20)23(28)26-16-3-7-19(8-4-16)32-14-13-25/h3-12,15H,14H2,1-2H3,(H,26,28). The van der Waals surface area contributed by atoms with Crippen molar-refractivity contribution in [2.75, 3.05) is 30.4 Å². The molecule has 0 aliphatic carbocycles. The lowest BCUT2D eigenvalue weighted by Gasteiger charge is -2.20. The number of carbonyl (C=O) groups excluding carboxylic acids is 1. The highest BCUT2D eigenvalue weighted by molar-refractivity contribution is 7.92. The Morgan fingerprint density at radius 3 is 2.30 bits per heavy atom. The lowest BCUT2D eigenvalue weighted by Crippen LogP contribution is -2.27. The summed E-state index contributed by atoms with van der Waals surface area (Å²) in [6.07, 6.45) is 0. The van der Waals surface area contributed by atoms with Crippen molar-refractivity contribution in [1.82, 2.24) is 0 Å². The number of nitrogens with zero attached hydrogens (tertiary/aromatic N) is 2. The molecular formula is C23H20ClN3O5S. The minimum Gasteiger partial charge on any atom is -0.497 e. The molecule has 0 saturated carbocycles. The second-order valence-electron chi connectivity index (χ2n) is 6.74. The molecule has 0 spiro atoms. The van der Waals surface area contributed by atoms with E-state index in [9.17, 15) is 13.2 Å². The molecule has 170 valence electrons. The van der Waals surface area contributed by atoms with E-state index in [0.29, 0.717) is 22.9 Å². The molecule has 3 rings (SSSR count). The van der Waals surface area contributed by atoms with Gasteiger partial charge in [0.25, 0.3) is 15.9 Å². The number of nitrogens with one attached hydrogen (secondary N) is 1. The summed E-state index contributed by atoms with van der Waals surface area (Å²) in [5.74, 6) is 0.497. The molecule has 0 unspecified atom stereocenters. The van der Waals surface area contributed by atoms with Crippen LogP contribution < -0.4 is 19.1 Å². The van der Waals surface area contributed by atoms with E-state index >= 15 is 0 Å². The number of amides is 1. The lowest BCUT2D eigenvalue weighted by atomic mass is 10.2. The molecule has 3 aromatic rings. The van der Waals surface area contributed by atoms with Crippen molar-refractivity contribution in [1.29, 1.82) is 5.26 Å². The zero-order chi connectivity index (χ0) is 24.0. The van der Waals surface area contributed by atoms with Gasteiger partial charge < -0.3 is 14.8 Å². The van der Waals surface area contributed by atoms with Gasteiger partial charge in [0.05, 0.1) is 28.3 Å². The van der Waals surface area contributed by atoms with Crippen LogP contribution in [0.5, 0.6) is 11.5 Å². The zero-order valence-corrected chi connectivity index (χ0v) is 19.4. The summed E-state index contributed by atoms with van der Waals surface area (Å²) in [4.78, 5) is 12.7. The maximum atomic E-state index is 13.1. The largest absolute Gasteiger partial charge is 0.497 e. The van der Waals surface area contributed by atoms with Gasteiger partial charge in [0.15, 0.2) is 6.61 Å². The lowest BCUT2D eigenvalue weighted by molar-refractivity contribution is 0.102. The van der Waals surface area contributed by atoms with E-state index in [2.05, 4.69) is 5.32 Å². The molecule has 0 radical (unpaired) electrons. The van der Waals surface area contributed by atoms with Crippen LogP contribution >= 0.6 is 11.6 Å². The van der Waals surface area contributed by atoms with Crippen LogP contribution in [0.3, 0.4) is 0 Å². The van der Waals surface area contributed by atoms with E-state index in [0.717, 1.165) is 4.31 Å². The van der Waals surface area contributed by atoms with Gasteiger partial charge in [-0.1, -0.05) is 11.6 Å². The maximum absolute atomic E-state index is 13.1. The molecule has 0 heterocycles. The molecule has 10 heteroatoms. The Morgan fingerprint density at radius 2 is 1.70 bits per heavy atom. The van der Waals surface area contributed by atoms with Crippen LogP contribution in [0, 0.1) is 11.3 Å². The molecule has 0 aromatic heterocycles. The van der Waals surface area contributed by atoms with Crippen LogP contribution in [-0.4, -0.2) is 35.1 Å². The first-order chi connectivity index (χ1) is 15.8. The maximum Gasteiger partial charge on any atom is 0.264 e. The van der Waals surface area contributed by atoms with Crippen LogP contribution in [0.4, 0.5) is 11.4 Å². The monoisotopic (exact) mass is 485 g/mol. The minimum atomic E-state index is -3.96. The summed E-state index contributed by atoms with van der Waals surface area (Å²) in [6.45, 7) is -0.0897. The Balaban J connectivity index is 1.83. The Labute approximate surface area is 197 Å². The number of carbonyl (C=O) groups is 1. The first-order valence-electron chi connectivity index (χ1n) is 9.60. The SMILES string of the molecule is COc1ccc(N(C)S(=O)(=O)c2ccc(Cl)c(C(=O)Nc3ccc(OCC#N)cc3)c2)cc1. The van der Waals surface area contributed by atoms with E-state index in [1.54, 1.807) is 48.5 Å². The third kappa shape index (κ3) is 5.55. The minimum absolute atomic E-state index is 0.00526. The van der Waals surface area contributed by atoms with Crippen LogP contribution in [0.2, 0.25) is 5.02 Å². The number of rotatable bonds is 8. The van der Waals surface area contributed by atoms with Gasteiger partial charge in [-0.3, -0.25) is 9.10 Å². The fourth-order valence-electron chi connectivity index (χ4n) is 2.88. The van der Waals surface area contributed by atoms with E-state index in [1.807, 2.05) is 6.07 Å². The highest BCUT2D eigenvalue weighted by Crippen LogP contribution is 2.27. The molecule has 3 aromatic carbocycles. The summed E-state index contributed by atoms with van der Waals surface area (Å²) >= 11 is 6.19. The van der Waals surface area contributed by atoms with Gasteiger partial charge in [0.2, 0.25) is 0 Å². The highest BCUT2D eigenvalue weighted by Gasteiger charge is 2.24. The van der Waals surface area contributed by atoms with Crippen molar-refractivity contribution in [3.63, 3.8) is 0 Å². The number of hydrogen-bond acceptors (Lipinski definition) is 6. The molecule has 0 bridgehead atoms. The van der Waals surface area contributed by atoms with Gasteiger partial charge in [-0.25, -0.2) is 8.42 Å². The van der Waals surface area contributed by atoms with E-state index in [-0.39, 0.29) is 22.1 Å². The Kier molecular flexibility index (Phi) is 7.43. The molecule has 33 heavy (non-hydrogen) atoms.